The molecule has 1 aliphatic carbocycles. The molecule has 0 radical (unpaired) electrons. The van der Waals surface area contributed by atoms with Crippen molar-refractivity contribution in [3.8, 4) is 6.07 Å². The average Bonchev–Trinajstić information content (AvgIpc) is 2.84. The van der Waals surface area contributed by atoms with Gasteiger partial charge in [0.15, 0.2) is 0 Å². The van der Waals surface area contributed by atoms with E-state index in [-0.39, 0.29) is 6.61 Å². The first-order chi connectivity index (χ1) is 8.35. The van der Waals surface area contributed by atoms with Crippen molar-refractivity contribution < 1.29 is 5.11 Å². The fraction of sp³-hybridized carbons (Fsp3) is 0.500. The van der Waals surface area contributed by atoms with Gasteiger partial charge in [0.25, 0.3) is 0 Å². The first-order valence-corrected chi connectivity index (χ1v) is 6.19. The molecule has 2 rings (SSSR count). The zero-order valence-corrected chi connectivity index (χ0v) is 9.89. The highest BCUT2D eigenvalue weighted by Crippen LogP contribution is 2.31. The van der Waals surface area contributed by atoms with E-state index in [4.69, 9.17) is 5.26 Å². The van der Waals surface area contributed by atoms with Gasteiger partial charge in [-0.1, -0.05) is 18.6 Å². The van der Waals surface area contributed by atoms with Gasteiger partial charge in [0.1, 0.15) is 6.07 Å². The number of aliphatic hydroxyl groups excluding tert-OH is 1. The van der Waals surface area contributed by atoms with Gasteiger partial charge in [0.2, 0.25) is 0 Å². The summed E-state index contributed by atoms with van der Waals surface area (Å²) in [6.45, 7) is 1.14. The van der Waals surface area contributed by atoms with Gasteiger partial charge in [-0.2, -0.15) is 5.26 Å². The van der Waals surface area contributed by atoms with Crippen molar-refractivity contribution in [1.29, 1.82) is 5.26 Å². The maximum absolute atomic E-state index is 9.25. The minimum atomic E-state index is 0.284. The highest BCUT2D eigenvalue weighted by Gasteiger charge is 2.26. The molecule has 0 saturated heterocycles. The number of anilines is 1. The normalized spacial score (nSPS) is 23.3. The quantitative estimate of drug-likeness (QED) is 0.835. The summed E-state index contributed by atoms with van der Waals surface area (Å²) in [5.74, 6) is 0.962. The minimum absolute atomic E-state index is 0.284. The number of aliphatic hydroxyl groups is 1. The van der Waals surface area contributed by atoms with Crippen molar-refractivity contribution in [1.82, 2.24) is 0 Å². The van der Waals surface area contributed by atoms with Gasteiger partial charge in [0.05, 0.1) is 11.3 Å². The number of nitrogens with one attached hydrogen (secondary N) is 1. The maximum atomic E-state index is 9.25. The standard InChI is InChI=1S/C14H18N2O/c15-8-11-4-1-2-7-14(11)16-9-12-5-3-6-13(12)10-17/h1-2,4,7,12-13,16-17H,3,5-6,9-10H2. The lowest BCUT2D eigenvalue weighted by atomic mass is 9.97. The number of nitrogens with zero attached hydrogens (tertiary/aromatic N) is 1. The van der Waals surface area contributed by atoms with Crippen LogP contribution in [0.15, 0.2) is 24.3 Å². The van der Waals surface area contributed by atoms with E-state index in [0.717, 1.165) is 18.7 Å². The van der Waals surface area contributed by atoms with E-state index in [1.165, 1.54) is 12.8 Å². The van der Waals surface area contributed by atoms with E-state index in [1.54, 1.807) is 0 Å². The molecule has 0 spiro atoms. The van der Waals surface area contributed by atoms with Gasteiger partial charge in [0, 0.05) is 13.2 Å². The second-order valence-corrected chi connectivity index (χ2v) is 4.67. The largest absolute Gasteiger partial charge is 0.396 e. The number of benzene rings is 1. The highest BCUT2D eigenvalue weighted by molar-refractivity contribution is 5.57. The number of nitriles is 1. The van der Waals surface area contributed by atoms with Crippen LogP contribution in [0.1, 0.15) is 24.8 Å². The van der Waals surface area contributed by atoms with Crippen LogP contribution in [-0.4, -0.2) is 18.3 Å². The molecule has 3 heteroatoms. The van der Waals surface area contributed by atoms with Gasteiger partial charge in [-0.05, 0) is 36.8 Å². The fourth-order valence-corrected chi connectivity index (χ4v) is 2.60. The van der Waals surface area contributed by atoms with Crippen LogP contribution in [0.2, 0.25) is 0 Å². The van der Waals surface area contributed by atoms with Crippen LogP contribution >= 0.6 is 0 Å². The predicted octanol–water partition coefficient (Wildman–Crippen LogP) is 2.38. The molecule has 90 valence electrons. The predicted molar refractivity (Wildman–Crippen MR) is 67.6 cm³/mol. The second-order valence-electron chi connectivity index (χ2n) is 4.67. The van der Waals surface area contributed by atoms with Gasteiger partial charge in [-0.15, -0.1) is 0 Å². The molecule has 1 aliphatic rings. The van der Waals surface area contributed by atoms with Gasteiger partial charge < -0.3 is 10.4 Å². The zero-order chi connectivity index (χ0) is 12.1. The molecule has 0 aliphatic heterocycles. The molecule has 2 N–H and O–H groups in total. The number of hydrogen-bond acceptors (Lipinski definition) is 3. The Labute approximate surface area is 102 Å². The molecule has 2 atom stereocenters. The Morgan fingerprint density at radius 1 is 1.29 bits per heavy atom. The van der Waals surface area contributed by atoms with Crippen molar-refractivity contribution in [2.45, 2.75) is 19.3 Å². The Morgan fingerprint density at radius 2 is 2.06 bits per heavy atom. The Balaban J connectivity index is 1.96. The van der Waals surface area contributed by atoms with Crippen molar-refractivity contribution in [3.63, 3.8) is 0 Å². The summed E-state index contributed by atoms with van der Waals surface area (Å²) in [5, 5.41) is 21.6. The third kappa shape index (κ3) is 2.78. The molecule has 0 heterocycles. The van der Waals surface area contributed by atoms with E-state index in [2.05, 4.69) is 11.4 Å². The van der Waals surface area contributed by atoms with Crippen molar-refractivity contribution >= 4 is 5.69 Å². The molecule has 17 heavy (non-hydrogen) atoms. The summed E-state index contributed by atoms with van der Waals surface area (Å²) in [6.07, 6.45) is 3.51. The van der Waals surface area contributed by atoms with Crippen LogP contribution in [0.4, 0.5) is 5.69 Å². The fourth-order valence-electron chi connectivity index (χ4n) is 2.60. The smallest absolute Gasteiger partial charge is 0.101 e. The van der Waals surface area contributed by atoms with Crippen LogP contribution in [0.3, 0.4) is 0 Å². The first kappa shape index (κ1) is 11.9. The average molecular weight is 230 g/mol. The maximum Gasteiger partial charge on any atom is 0.101 e. The van der Waals surface area contributed by atoms with Crippen LogP contribution in [0.5, 0.6) is 0 Å². The molecule has 1 saturated carbocycles. The Kier molecular flexibility index (Phi) is 4.00. The van der Waals surface area contributed by atoms with Crippen molar-refractivity contribution in [3.05, 3.63) is 29.8 Å². The summed E-state index contributed by atoms with van der Waals surface area (Å²) in [4.78, 5) is 0. The zero-order valence-electron chi connectivity index (χ0n) is 9.89. The van der Waals surface area contributed by atoms with Crippen molar-refractivity contribution in [2.24, 2.45) is 11.8 Å². The molecular formula is C14H18N2O. The second kappa shape index (κ2) is 5.70. The summed E-state index contributed by atoms with van der Waals surface area (Å²) in [5.41, 5.74) is 1.59. The van der Waals surface area contributed by atoms with E-state index in [1.807, 2.05) is 24.3 Å². The summed E-state index contributed by atoms with van der Waals surface area (Å²) in [7, 11) is 0. The molecule has 2 unspecified atom stereocenters. The molecular weight excluding hydrogens is 212 g/mol. The molecule has 0 bridgehead atoms. The molecule has 3 nitrogen and oxygen atoms in total. The highest BCUT2D eigenvalue weighted by atomic mass is 16.3. The summed E-state index contributed by atoms with van der Waals surface area (Å²) >= 11 is 0. The van der Waals surface area contributed by atoms with Gasteiger partial charge in [-0.3, -0.25) is 0 Å². The summed E-state index contributed by atoms with van der Waals surface area (Å²) in [6, 6.07) is 9.74. The molecule has 1 aromatic carbocycles. The van der Waals surface area contributed by atoms with E-state index >= 15 is 0 Å². The summed E-state index contributed by atoms with van der Waals surface area (Å²) < 4.78 is 0. The molecule has 0 amide bonds. The first-order valence-electron chi connectivity index (χ1n) is 6.19. The molecule has 1 aromatic rings. The topological polar surface area (TPSA) is 56.0 Å². The van der Waals surface area contributed by atoms with Crippen LogP contribution in [0.25, 0.3) is 0 Å². The lowest BCUT2D eigenvalue weighted by molar-refractivity contribution is 0.199. The van der Waals surface area contributed by atoms with Crippen LogP contribution < -0.4 is 5.32 Å². The Morgan fingerprint density at radius 3 is 2.82 bits per heavy atom. The third-order valence-electron chi connectivity index (χ3n) is 3.65. The Hall–Kier alpha value is -1.53. The monoisotopic (exact) mass is 230 g/mol. The van der Waals surface area contributed by atoms with Crippen molar-refractivity contribution in [2.75, 3.05) is 18.5 Å². The van der Waals surface area contributed by atoms with Crippen LogP contribution in [0, 0.1) is 23.2 Å². The van der Waals surface area contributed by atoms with Crippen LogP contribution in [-0.2, 0) is 0 Å². The lowest BCUT2D eigenvalue weighted by Crippen LogP contribution is -2.21. The van der Waals surface area contributed by atoms with E-state index < -0.39 is 0 Å². The van der Waals surface area contributed by atoms with Gasteiger partial charge >= 0.3 is 0 Å². The Bertz CT molecular complexity index is 411. The minimum Gasteiger partial charge on any atom is -0.396 e. The number of hydrogen-bond donors (Lipinski definition) is 2. The lowest BCUT2D eigenvalue weighted by Gasteiger charge is -2.18. The SMILES string of the molecule is N#Cc1ccccc1NCC1CCCC1CO. The van der Waals surface area contributed by atoms with E-state index in [0.29, 0.717) is 17.4 Å². The number of rotatable bonds is 4. The van der Waals surface area contributed by atoms with Gasteiger partial charge in [-0.25, -0.2) is 0 Å². The van der Waals surface area contributed by atoms with E-state index in [9.17, 15) is 5.11 Å². The molecule has 0 aromatic heterocycles. The third-order valence-corrected chi connectivity index (χ3v) is 3.65. The molecule has 1 fully saturated rings. The number of para-hydroxylation sites is 1.